The summed E-state index contributed by atoms with van der Waals surface area (Å²) in [4.78, 5) is 17.2. The van der Waals surface area contributed by atoms with Crippen LogP contribution < -0.4 is 5.56 Å². The molecule has 0 aliphatic heterocycles. The molecule has 0 bridgehead atoms. The number of aryl methyl sites for hydroxylation is 1. The van der Waals surface area contributed by atoms with Crippen molar-refractivity contribution in [2.24, 2.45) is 0 Å². The fourth-order valence-electron chi connectivity index (χ4n) is 2.89. The number of aromatic nitrogens is 4. The molecule has 5 nitrogen and oxygen atoms in total. The van der Waals surface area contributed by atoms with Gasteiger partial charge in [0, 0.05) is 10.6 Å². The van der Waals surface area contributed by atoms with Gasteiger partial charge in [-0.2, -0.15) is 5.10 Å². The van der Waals surface area contributed by atoms with E-state index in [0.717, 1.165) is 11.3 Å². The molecule has 2 aromatic carbocycles. The van der Waals surface area contributed by atoms with Crippen molar-refractivity contribution in [2.75, 3.05) is 0 Å². The van der Waals surface area contributed by atoms with Crippen molar-refractivity contribution < 1.29 is 4.39 Å². The number of hydrogen-bond donors (Lipinski definition) is 0. The van der Waals surface area contributed by atoms with Gasteiger partial charge in [0.05, 0.1) is 18.4 Å². The fraction of sp³-hybridized carbons (Fsp3) is 0.105. The Balaban J connectivity index is 1.83. The van der Waals surface area contributed by atoms with Gasteiger partial charge < -0.3 is 0 Å². The summed E-state index contributed by atoms with van der Waals surface area (Å²) in [6.07, 6.45) is 2.88. The number of benzene rings is 2. The summed E-state index contributed by atoms with van der Waals surface area (Å²) >= 11 is 6.06. The van der Waals surface area contributed by atoms with Crippen LogP contribution in [-0.2, 0) is 6.54 Å². The Labute approximate surface area is 153 Å². The zero-order chi connectivity index (χ0) is 18.3. The van der Waals surface area contributed by atoms with Crippen molar-refractivity contribution in [3.05, 3.63) is 87.3 Å². The van der Waals surface area contributed by atoms with Crippen LogP contribution in [0.25, 0.3) is 16.7 Å². The summed E-state index contributed by atoms with van der Waals surface area (Å²) in [6.45, 7) is 1.97. The summed E-state index contributed by atoms with van der Waals surface area (Å²) in [5.74, 6) is -0.458. The molecule has 0 unspecified atom stereocenters. The van der Waals surface area contributed by atoms with Gasteiger partial charge in [-0.15, -0.1) is 0 Å². The van der Waals surface area contributed by atoms with Gasteiger partial charge in [0.25, 0.3) is 5.56 Å². The minimum Gasteiger partial charge on any atom is -0.294 e. The first-order chi connectivity index (χ1) is 12.6. The molecule has 0 amide bonds. The minimum atomic E-state index is -0.458. The first kappa shape index (κ1) is 16.5. The van der Waals surface area contributed by atoms with E-state index < -0.39 is 5.82 Å². The van der Waals surface area contributed by atoms with Gasteiger partial charge in [0.2, 0.25) is 0 Å². The highest BCUT2D eigenvalue weighted by Crippen LogP contribution is 2.20. The van der Waals surface area contributed by atoms with E-state index in [4.69, 9.17) is 11.6 Å². The van der Waals surface area contributed by atoms with E-state index in [2.05, 4.69) is 10.1 Å². The second-order valence-corrected chi connectivity index (χ2v) is 6.37. The van der Waals surface area contributed by atoms with E-state index in [1.165, 1.54) is 29.2 Å². The highest BCUT2D eigenvalue weighted by molar-refractivity contribution is 6.31. The third-order valence-electron chi connectivity index (χ3n) is 4.29. The maximum absolute atomic E-state index is 14.0. The lowest BCUT2D eigenvalue weighted by molar-refractivity contribution is 0.595. The molecule has 130 valence electrons. The van der Waals surface area contributed by atoms with Gasteiger partial charge in [-0.1, -0.05) is 35.9 Å². The molecule has 0 saturated heterocycles. The van der Waals surface area contributed by atoms with Crippen LogP contribution in [0.3, 0.4) is 0 Å². The van der Waals surface area contributed by atoms with Crippen LogP contribution in [0.5, 0.6) is 0 Å². The summed E-state index contributed by atoms with van der Waals surface area (Å²) < 4.78 is 17.0. The van der Waals surface area contributed by atoms with Crippen LogP contribution in [0.2, 0.25) is 5.02 Å². The van der Waals surface area contributed by atoms with Gasteiger partial charge in [-0.25, -0.2) is 14.1 Å². The molecule has 0 saturated carbocycles. The van der Waals surface area contributed by atoms with Gasteiger partial charge in [0.15, 0.2) is 5.65 Å². The van der Waals surface area contributed by atoms with E-state index in [1.807, 2.05) is 31.2 Å². The minimum absolute atomic E-state index is 0.00280. The summed E-state index contributed by atoms with van der Waals surface area (Å²) in [6, 6.07) is 12.1. The normalized spacial score (nSPS) is 11.2. The van der Waals surface area contributed by atoms with Crippen LogP contribution >= 0.6 is 11.6 Å². The Hall–Kier alpha value is -2.99. The predicted molar refractivity (Wildman–Crippen MR) is 98.4 cm³/mol. The summed E-state index contributed by atoms with van der Waals surface area (Å²) in [5.41, 5.74) is 2.28. The van der Waals surface area contributed by atoms with Crippen molar-refractivity contribution in [3.8, 4) is 5.69 Å². The van der Waals surface area contributed by atoms with Gasteiger partial charge in [-0.3, -0.25) is 9.36 Å². The lowest BCUT2D eigenvalue weighted by atomic mass is 10.2. The number of halogens is 2. The fourth-order valence-corrected chi connectivity index (χ4v) is 3.12. The van der Waals surface area contributed by atoms with Crippen molar-refractivity contribution in [1.29, 1.82) is 0 Å². The second kappa shape index (κ2) is 6.38. The average molecular weight is 369 g/mol. The van der Waals surface area contributed by atoms with Crippen molar-refractivity contribution in [1.82, 2.24) is 19.3 Å². The molecule has 0 aliphatic carbocycles. The molecule has 26 heavy (non-hydrogen) atoms. The van der Waals surface area contributed by atoms with Gasteiger partial charge in [0.1, 0.15) is 17.5 Å². The third-order valence-corrected chi connectivity index (χ3v) is 4.64. The molecular weight excluding hydrogens is 355 g/mol. The highest BCUT2D eigenvalue weighted by atomic mass is 35.5. The van der Waals surface area contributed by atoms with E-state index in [-0.39, 0.29) is 22.7 Å². The van der Waals surface area contributed by atoms with E-state index in [0.29, 0.717) is 11.0 Å². The monoisotopic (exact) mass is 368 g/mol. The second-order valence-electron chi connectivity index (χ2n) is 5.96. The lowest BCUT2D eigenvalue weighted by Crippen LogP contribution is -2.21. The van der Waals surface area contributed by atoms with Crippen molar-refractivity contribution in [2.45, 2.75) is 13.5 Å². The summed E-state index contributed by atoms with van der Waals surface area (Å²) in [7, 11) is 0. The third kappa shape index (κ3) is 2.68. The maximum atomic E-state index is 14.0. The van der Waals surface area contributed by atoms with Gasteiger partial charge in [-0.05, 0) is 30.7 Å². The maximum Gasteiger partial charge on any atom is 0.264 e. The number of fused-ring (bicyclic) bond motifs is 1. The van der Waals surface area contributed by atoms with Crippen LogP contribution in [0.4, 0.5) is 4.39 Å². The number of hydrogen-bond acceptors (Lipinski definition) is 3. The van der Waals surface area contributed by atoms with E-state index in [1.54, 1.807) is 10.7 Å². The molecule has 2 aromatic heterocycles. The number of nitrogens with zero attached hydrogens (tertiary/aromatic N) is 4. The molecule has 4 rings (SSSR count). The Morgan fingerprint density at radius 3 is 2.73 bits per heavy atom. The first-order valence-corrected chi connectivity index (χ1v) is 8.36. The molecule has 0 aliphatic rings. The van der Waals surface area contributed by atoms with E-state index in [9.17, 15) is 9.18 Å². The zero-order valence-corrected chi connectivity index (χ0v) is 14.6. The lowest BCUT2D eigenvalue weighted by Gasteiger charge is -2.09. The van der Waals surface area contributed by atoms with Gasteiger partial charge >= 0.3 is 0 Å². The Kier molecular flexibility index (Phi) is 4.05. The van der Waals surface area contributed by atoms with Crippen LogP contribution in [0, 0.1) is 12.7 Å². The molecule has 4 aromatic rings. The predicted octanol–water partition coefficient (Wildman–Crippen LogP) is 3.73. The Morgan fingerprint density at radius 2 is 1.96 bits per heavy atom. The molecule has 0 N–H and O–H groups in total. The SMILES string of the molecule is Cc1ccccc1-n1ncc2c(=O)n(Cc3c(F)cccc3Cl)cnc21. The standard InChI is InChI=1S/C19H14ClFN4O/c1-12-5-2-3-8-17(12)25-18-13(9-23-25)19(26)24(11-22-18)10-14-15(20)6-4-7-16(14)21/h2-9,11H,10H2,1H3. The molecule has 0 fully saturated rings. The molecular formula is C19H14ClFN4O. The number of para-hydroxylation sites is 1. The smallest absolute Gasteiger partial charge is 0.264 e. The van der Waals surface area contributed by atoms with E-state index >= 15 is 0 Å². The Morgan fingerprint density at radius 1 is 1.15 bits per heavy atom. The van der Waals surface area contributed by atoms with Crippen LogP contribution in [0.1, 0.15) is 11.1 Å². The van der Waals surface area contributed by atoms with Crippen molar-refractivity contribution in [3.63, 3.8) is 0 Å². The highest BCUT2D eigenvalue weighted by Gasteiger charge is 2.14. The molecule has 0 atom stereocenters. The molecule has 7 heteroatoms. The molecule has 2 heterocycles. The Bertz CT molecular complexity index is 1160. The average Bonchev–Trinajstić information content (AvgIpc) is 3.05. The largest absolute Gasteiger partial charge is 0.294 e. The molecule has 0 spiro atoms. The van der Waals surface area contributed by atoms with Crippen molar-refractivity contribution >= 4 is 22.6 Å². The first-order valence-electron chi connectivity index (χ1n) is 7.98. The molecule has 0 radical (unpaired) electrons. The summed E-state index contributed by atoms with van der Waals surface area (Å²) in [5, 5.41) is 4.95. The topological polar surface area (TPSA) is 52.7 Å². The quantitative estimate of drug-likeness (QED) is 0.553. The zero-order valence-electron chi connectivity index (χ0n) is 13.9. The number of rotatable bonds is 3. The van der Waals surface area contributed by atoms with Crippen LogP contribution in [-0.4, -0.2) is 19.3 Å². The van der Waals surface area contributed by atoms with Crippen LogP contribution in [0.15, 0.2) is 59.8 Å².